The Morgan fingerprint density at radius 1 is 1.12 bits per heavy atom. The summed E-state index contributed by atoms with van der Waals surface area (Å²) in [5.74, 6) is -0.233. The molecule has 1 aliphatic rings. The minimum Gasteiger partial charge on any atom is -0.379 e. The Morgan fingerprint density at radius 3 is 2.59 bits per heavy atom. The number of carbonyl (C=O) groups is 1. The molecule has 32 heavy (non-hydrogen) atoms. The Hall–Kier alpha value is -2.93. The molecule has 7 heteroatoms. The number of hydrogen-bond acceptors (Lipinski definition) is 4. The van der Waals surface area contributed by atoms with E-state index in [1.807, 2.05) is 68.4 Å². The third-order valence-electron chi connectivity index (χ3n) is 5.63. The summed E-state index contributed by atoms with van der Waals surface area (Å²) in [5.41, 5.74) is 8.40. The molecule has 4 rings (SSSR count). The first-order chi connectivity index (χ1) is 15.5. The normalized spacial score (nSPS) is 14.7. The number of aromatic nitrogens is 1. The van der Waals surface area contributed by atoms with Gasteiger partial charge in [0.1, 0.15) is 0 Å². The Kier molecular flexibility index (Phi) is 7.05. The lowest BCUT2D eigenvalue weighted by atomic mass is 10.1. The van der Waals surface area contributed by atoms with Crippen molar-refractivity contribution in [3.05, 3.63) is 87.7 Å². The highest BCUT2D eigenvalue weighted by Crippen LogP contribution is 2.22. The van der Waals surface area contributed by atoms with Crippen LogP contribution in [0.4, 0.5) is 0 Å². The van der Waals surface area contributed by atoms with Crippen LogP contribution in [0.3, 0.4) is 0 Å². The summed E-state index contributed by atoms with van der Waals surface area (Å²) in [4.78, 5) is 14.8. The van der Waals surface area contributed by atoms with Gasteiger partial charge in [-0.05, 0) is 55.8 Å². The van der Waals surface area contributed by atoms with E-state index in [4.69, 9.17) is 16.3 Å². The Labute approximate surface area is 193 Å². The van der Waals surface area contributed by atoms with Crippen molar-refractivity contribution in [1.82, 2.24) is 14.9 Å². The van der Waals surface area contributed by atoms with Crippen molar-refractivity contribution < 1.29 is 9.53 Å². The van der Waals surface area contributed by atoms with Crippen molar-refractivity contribution in [3.8, 4) is 5.69 Å². The monoisotopic (exact) mass is 450 g/mol. The summed E-state index contributed by atoms with van der Waals surface area (Å²) in [6.07, 6.45) is 1.67. The van der Waals surface area contributed by atoms with Crippen molar-refractivity contribution in [2.24, 2.45) is 5.10 Å². The number of hydrazone groups is 1. The molecule has 1 amide bonds. The van der Waals surface area contributed by atoms with Crippen LogP contribution >= 0.6 is 11.6 Å². The van der Waals surface area contributed by atoms with Crippen LogP contribution in [0, 0.1) is 13.8 Å². The van der Waals surface area contributed by atoms with Crippen molar-refractivity contribution in [2.45, 2.75) is 20.4 Å². The Morgan fingerprint density at radius 2 is 1.88 bits per heavy atom. The highest BCUT2D eigenvalue weighted by molar-refractivity contribution is 6.30. The van der Waals surface area contributed by atoms with E-state index in [0.717, 1.165) is 55.5 Å². The fraction of sp³-hybridized carbons (Fsp3) is 0.280. The van der Waals surface area contributed by atoms with E-state index >= 15 is 0 Å². The maximum atomic E-state index is 12.5. The average Bonchev–Trinajstić information content (AvgIpc) is 3.08. The largest absolute Gasteiger partial charge is 0.379 e. The lowest BCUT2D eigenvalue weighted by Gasteiger charge is -2.26. The first kappa shape index (κ1) is 22.3. The van der Waals surface area contributed by atoms with Gasteiger partial charge >= 0.3 is 0 Å². The highest BCUT2D eigenvalue weighted by Gasteiger charge is 2.12. The molecule has 1 saturated heterocycles. The van der Waals surface area contributed by atoms with Gasteiger partial charge in [0.25, 0.3) is 5.91 Å². The second-order valence-corrected chi connectivity index (χ2v) is 8.36. The molecule has 6 nitrogen and oxygen atoms in total. The second-order valence-electron chi connectivity index (χ2n) is 7.93. The van der Waals surface area contributed by atoms with Gasteiger partial charge < -0.3 is 9.30 Å². The van der Waals surface area contributed by atoms with Crippen LogP contribution in [0.25, 0.3) is 5.69 Å². The smallest absolute Gasteiger partial charge is 0.271 e. The summed E-state index contributed by atoms with van der Waals surface area (Å²) in [6, 6.07) is 17.4. The number of nitrogens with one attached hydrogen (secondary N) is 1. The van der Waals surface area contributed by atoms with Crippen LogP contribution in [0.1, 0.15) is 32.9 Å². The fourth-order valence-electron chi connectivity index (χ4n) is 3.93. The van der Waals surface area contributed by atoms with Crippen LogP contribution in [0.15, 0.2) is 59.7 Å². The predicted octanol–water partition coefficient (Wildman–Crippen LogP) is 4.34. The molecule has 0 spiro atoms. The van der Waals surface area contributed by atoms with Gasteiger partial charge in [0.15, 0.2) is 0 Å². The zero-order valence-electron chi connectivity index (χ0n) is 18.3. The molecule has 2 heterocycles. The number of ether oxygens (including phenoxy) is 1. The van der Waals surface area contributed by atoms with Crippen molar-refractivity contribution in [2.75, 3.05) is 26.3 Å². The average molecular weight is 451 g/mol. The van der Waals surface area contributed by atoms with Gasteiger partial charge in [-0.3, -0.25) is 9.69 Å². The van der Waals surface area contributed by atoms with E-state index in [2.05, 4.69) is 20.0 Å². The van der Waals surface area contributed by atoms with Gasteiger partial charge in [-0.15, -0.1) is 0 Å². The number of hydrogen-bond donors (Lipinski definition) is 1. The summed E-state index contributed by atoms with van der Waals surface area (Å²) in [7, 11) is 0. The van der Waals surface area contributed by atoms with Crippen LogP contribution in [0.5, 0.6) is 0 Å². The van der Waals surface area contributed by atoms with E-state index in [-0.39, 0.29) is 5.91 Å². The summed E-state index contributed by atoms with van der Waals surface area (Å²) < 4.78 is 7.50. The highest BCUT2D eigenvalue weighted by atomic mass is 35.5. The first-order valence-electron chi connectivity index (χ1n) is 10.7. The molecule has 0 aliphatic carbocycles. The van der Waals surface area contributed by atoms with E-state index in [1.54, 1.807) is 6.21 Å². The van der Waals surface area contributed by atoms with Crippen LogP contribution < -0.4 is 5.43 Å². The summed E-state index contributed by atoms with van der Waals surface area (Å²) >= 11 is 6.15. The number of halogens is 1. The van der Waals surface area contributed by atoms with Gasteiger partial charge in [-0.25, -0.2) is 5.43 Å². The summed E-state index contributed by atoms with van der Waals surface area (Å²) in [5, 5.41) is 4.86. The van der Waals surface area contributed by atoms with Gasteiger partial charge in [0, 0.05) is 52.9 Å². The van der Waals surface area contributed by atoms with E-state index < -0.39 is 0 Å². The number of benzene rings is 2. The molecule has 1 N–H and O–H groups in total. The molecule has 0 atom stereocenters. The SMILES string of the molecule is Cc1cc(/C=N/NC(=O)c2ccc(CN3CCOCC3)cc2)c(C)n1-c1cccc(Cl)c1. The number of rotatable bonds is 6. The number of morpholine rings is 1. The molecule has 0 bridgehead atoms. The quantitative estimate of drug-likeness (QED) is 0.449. The van der Waals surface area contributed by atoms with Crippen molar-refractivity contribution >= 4 is 23.7 Å². The standard InChI is InChI=1S/C25H27ClN4O2/c1-18-14-22(19(2)30(18)24-5-3-4-23(26)15-24)16-27-28-25(31)21-8-6-20(7-9-21)17-29-10-12-32-13-11-29/h3-9,14-16H,10-13,17H2,1-2H3,(H,28,31)/b27-16+. The van der Waals surface area contributed by atoms with E-state index in [0.29, 0.717) is 10.6 Å². The molecule has 0 saturated carbocycles. The van der Waals surface area contributed by atoms with Gasteiger partial charge in [-0.2, -0.15) is 5.10 Å². The van der Waals surface area contributed by atoms with Gasteiger partial charge in [-0.1, -0.05) is 29.8 Å². The lowest BCUT2D eigenvalue weighted by Crippen LogP contribution is -2.35. The Bertz CT molecular complexity index is 1120. The lowest BCUT2D eigenvalue weighted by molar-refractivity contribution is 0.0342. The molecular formula is C25H27ClN4O2. The molecule has 2 aromatic carbocycles. The zero-order valence-corrected chi connectivity index (χ0v) is 19.1. The molecule has 3 aromatic rings. The number of nitrogens with zero attached hydrogens (tertiary/aromatic N) is 3. The molecule has 166 valence electrons. The van der Waals surface area contributed by atoms with Crippen LogP contribution in [0.2, 0.25) is 5.02 Å². The number of carbonyl (C=O) groups excluding carboxylic acids is 1. The molecule has 0 radical (unpaired) electrons. The molecule has 0 unspecified atom stereocenters. The maximum absolute atomic E-state index is 12.5. The maximum Gasteiger partial charge on any atom is 0.271 e. The molecule has 1 fully saturated rings. The minimum atomic E-state index is -0.233. The predicted molar refractivity (Wildman–Crippen MR) is 128 cm³/mol. The van der Waals surface area contributed by atoms with Crippen LogP contribution in [-0.4, -0.2) is 47.9 Å². The van der Waals surface area contributed by atoms with E-state index in [1.165, 1.54) is 5.56 Å². The Balaban J connectivity index is 1.38. The number of aryl methyl sites for hydroxylation is 1. The molecular weight excluding hydrogens is 424 g/mol. The second kappa shape index (κ2) is 10.1. The van der Waals surface area contributed by atoms with Gasteiger partial charge in [0.2, 0.25) is 0 Å². The zero-order chi connectivity index (χ0) is 22.5. The summed E-state index contributed by atoms with van der Waals surface area (Å²) in [6.45, 7) is 8.35. The minimum absolute atomic E-state index is 0.233. The molecule has 1 aliphatic heterocycles. The van der Waals surface area contributed by atoms with Crippen molar-refractivity contribution in [1.29, 1.82) is 0 Å². The number of amides is 1. The fourth-order valence-corrected chi connectivity index (χ4v) is 4.12. The topological polar surface area (TPSA) is 58.9 Å². The molecule has 1 aromatic heterocycles. The first-order valence-corrected chi connectivity index (χ1v) is 11.1. The van der Waals surface area contributed by atoms with Crippen molar-refractivity contribution in [3.63, 3.8) is 0 Å². The van der Waals surface area contributed by atoms with E-state index in [9.17, 15) is 4.79 Å². The third kappa shape index (κ3) is 5.27. The van der Waals surface area contributed by atoms with Crippen LogP contribution in [-0.2, 0) is 11.3 Å². The third-order valence-corrected chi connectivity index (χ3v) is 5.87. The van der Waals surface area contributed by atoms with Gasteiger partial charge in [0.05, 0.1) is 19.4 Å².